The number of pyridine rings is 1. The van der Waals surface area contributed by atoms with Crippen LogP contribution in [0.4, 0.5) is 17.1 Å². The number of para-hydroxylation sites is 2. The summed E-state index contributed by atoms with van der Waals surface area (Å²) in [6.45, 7) is 0. The van der Waals surface area contributed by atoms with E-state index in [1.807, 2.05) is 48.0 Å². The van der Waals surface area contributed by atoms with Gasteiger partial charge in [-0.25, -0.2) is 0 Å². The van der Waals surface area contributed by atoms with E-state index in [-0.39, 0.29) is 0 Å². The van der Waals surface area contributed by atoms with E-state index in [2.05, 4.69) is 102 Å². The average Bonchev–Trinajstić information content (AvgIpc) is 3.76. The van der Waals surface area contributed by atoms with Gasteiger partial charge in [0, 0.05) is 54.6 Å². The highest BCUT2D eigenvalue weighted by Crippen LogP contribution is 2.47. The van der Waals surface area contributed by atoms with Gasteiger partial charge < -0.3 is 13.7 Å². The monoisotopic (exact) mass is 582 g/mol. The van der Waals surface area contributed by atoms with Gasteiger partial charge in [-0.15, -0.1) is 11.3 Å². The molecule has 6 aromatic carbocycles. The minimum absolute atomic E-state index is 0.871. The number of fused-ring (bicyclic) bond motifs is 11. The molecule has 0 spiro atoms. The van der Waals surface area contributed by atoms with Gasteiger partial charge in [0.2, 0.25) is 0 Å². The molecule has 0 saturated carbocycles. The zero-order chi connectivity index (χ0) is 28.8. The molecule has 4 aromatic heterocycles. The molecule has 10 aromatic rings. The van der Waals surface area contributed by atoms with Gasteiger partial charge >= 0.3 is 0 Å². The third-order valence-electron chi connectivity index (χ3n) is 8.73. The molecule has 0 saturated heterocycles. The maximum atomic E-state index is 6.20. The van der Waals surface area contributed by atoms with Crippen molar-refractivity contribution in [1.29, 1.82) is 0 Å². The molecule has 0 N–H and O–H groups in total. The lowest BCUT2D eigenvalue weighted by molar-refractivity contribution is 0.668. The molecule has 0 radical (unpaired) electrons. The number of hydrogen-bond donors (Lipinski definition) is 0. The molecule has 0 aliphatic rings. The summed E-state index contributed by atoms with van der Waals surface area (Å²) < 4.78 is 14.9. The fourth-order valence-corrected chi connectivity index (χ4v) is 7.93. The largest absolute Gasteiger partial charge is 0.456 e. The van der Waals surface area contributed by atoms with E-state index in [1.165, 1.54) is 25.6 Å². The fraction of sp³-hybridized carbons (Fsp3) is 0. The molecule has 0 fully saturated rings. The van der Waals surface area contributed by atoms with Crippen LogP contribution >= 0.6 is 11.3 Å². The highest BCUT2D eigenvalue weighted by atomic mass is 32.1. The highest BCUT2D eigenvalue weighted by molar-refractivity contribution is 7.26. The Balaban J connectivity index is 1.29. The molecule has 0 atom stereocenters. The molecule has 0 amide bonds. The van der Waals surface area contributed by atoms with Gasteiger partial charge in [0.05, 0.1) is 16.6 Å². The second-order valence-corrected chi connectivity index (χ2v) is 12.2. The molecule has 0 aliphatic heterocycles. The van der Waals surface area contributed by atoms with Crippen LogP contribution in [-0.4, -0.2) is 4.98 Å². The van der Waals surface area contributed by atoms with Crippen LogP contribution in [0.25, 0.3) is 74.8 Å². The maximum absolute atomic E-state index is 6.20. The minimum Gasteiger partial charge on any atom is -0.456 e. The lowest BCUT2D eigenvalue weighted by Gasteiger charge is -2.25. The van der Waals surface area contributed by atoms with Gasteiger partial charge in [0.15, 0.2) is 0 Å². The summed E-state index contributed by atoms with van der Waals surface area (Å²) in [6, 6.07) is 42.4. The number of aromatic nitrogens is 1. The number of rotatable bonds is 3. The van der Waals surface area contributed by atoms with E-state index in [0.29, 0.717) is 0 Å². The van der Waals surface area contributed by atoms with Crippen LogP contribution in [0.1, 0.15) is 0 Å². The third kappa shape index (κ3) is 3.36. The van der Waals surface area contributed by atoms with E-state index < -0.39 is 0 Å². The van der Waals surface area contributed by atoms with Crippen LogP contribution in [0.5, 0.6) is 0 Å². The van der Waals surface area contributed by atoms with Crippen molar-refractivity contribution in [3.8, 4) is 0 Å². The van der Waals surface area contributed by atoms with E-state index >= 15 is 0 Å². The van der Waals surface area contributed by atoms with Gasteiger partial charge in [-0.2, -0.15) is 0 Å². The number of hydrogen-bond acceptors (Lipinski definition) is 5. The molecule has 4 nitrogen and oxygen atoms in total. The van der Waals surface area contributed by atoms with Crippen LogP contribution in [0, 0.1) is 0 Å². The van der Waals surface area contributed by atoms with Crippen molar-refractivity contribution in [1.82, 2.24) is 4.98 Å². The number of thiophene rings is 1. The van der Waals surface area contributed by atoms with Crippen molar-refractivity contribution in [3.63, 3.8) is 0 Å². The van der Waals surface area contributed by atoms with Crippen molar-refractivity contribution >= 4 is 103 Å². The standard InChI is InChI=1S/C39H22N2O2S/c1-2-8-26-23(7-1)13-18-37-38(26)31-21-40-22-32(39(31)44-37)41(24-14-16-35-29(19-24)27-9-3-5-11-33(27)42-35)25-15-17-36-30(20-25)28-10-4-6-12-34(28)43-36/h1-22H. The number of furan rings is 2. The summed E-state index contributed by atoms with van der Waals surface area (Å²) in [5.41, 5.74) is 6.62. The highest BCUT2D eigenvalue weighted by Gasteiger charge is 2.22. The summed E-state index contributed by atoms with van der Waals surface area (Å²) in [5.74, 6) is 0. The topological polar surface area (TPSA) is 42.4 Å². The van der Waals surface area contributed by atoms with Crippen LogP contribution in [-0.2, 0) is 0 Å². The lowest BCUT2D eigenvalue weighted by atomic mass is 10.0. The molecule has 0 unspecified atom stereocenters. The van der Waals surface area contributed by atoms with Crippen molar-refractivity contribution in [2.24, 2.45) is 0 Å². The Hall–Kier alpha value is -5.65. The quantitative estimate of drug-likeness (QED) is 0.208. The van der Waals surface area contributed by atoms with Crippen molar-refractivity contribution in [2.75, 3.05) is 4.90 Å². The second-order valence-electron chi connectivity index (χ2n) is 11.2. The molecular weight excluding hydrogens is 561 g/mol. The summed E-state index contributed by atoms with van der Waals surface area (Å²) >= 11 is 1.82. The zero-order valence-corrected chi connectivity index (χ0v) is 24.1. The van der Waals surface area contributed by atoms with Gasteiger partial charge in [0.1, 0.15) is 22.3 Å². The van der Waals surface area contributed by atoms with Gasteiger partial charge in [0.25, 0.3) is 0 Å². The normalized spacial score (nSPS) is 12.1. The smallest absolute Gasteiger partial charge is 0.135 e. The number of anilines is 3. The molecule has 44 heavy (non-hydrogen) atoms. The zero-order valence-electron chi connectivity index (χ0n) is 23.3. The van der Waals surface area contributed by atoms with E-state index in [0.717, 1.165) is 66.3 Å². The van der Waals surface area contributed by atoms with Crippen molar-refractivity contribution < 1.29 is 8.83 Å². The average molecular weight is 583 g/mol. The van der Waals surface area contributed by atoms with Crippen molar-refractivity contribution in [3.05, 3.63) is 134 Å². The van der Waals surface area contributed by atoms with Crippen molar-refractivity contribution in [2.45, 2.75) is 0 Å². The van der Waals surface area contributed by atoms with Gasteiger partial charge in [-0.3, -0.25) is 4.98 Å². The Morgan fingerprint density at radius 2 is 1.09 bits per heavy atom. The van der Waals surface area contributed by atoms with Gasteiger partial charge in [-0.05, 0) is 65.4 Å². The minimum atomic E-state index is 0.871. The number of nitrogens with zero attached hydrogens (tertiary/aromatic N) is 2. The Morgan fingerprint density at radius 1 is 0.500 bits per heavy atom. The lowest BCUT2D eigenvalue weighted by Crippen LogP contribution is -2.10. The molecule has 0 bridgehead atoms. The molecule has 0 aliphatic carbocycles. The molecule has 5 heteroatoms. The molecule has 4 heterocycles. The van der Waals surface area contributed by atoms with E-state index in [9.17, 15) is 0 Å². The predicted molar refractivity (Wildman–Crippen MR) is 184 cm³/mol. The summed E-state index contributed by atoms with van der Waals surface area (Å²) in [7, 11) is 0. The first kappa shape index (κ1) is 23.9. The molecular formula is C39H22N2O2S. The Kier molecular flexibility index (Phi) is 4.84. The molecule has 10 rings (SSSR count). The summed E-state index contributed by atoms with van der Waals surface area (Å²) in [4.78, 5) is 7.18. The van der Waals surface area contributed by atoms with Crippen LogP contribution in [0.2, 0.25) is 0 Å². The predicted octanol–water partition coefficient (Wildman–Crippen LogP) is 11.9. The summed E-state index contributed by atoms with van der Waals surface area (Å²) in [6.07, 6.45) is 4.01. The first-order valence-electron chi connectivity index (χ1n) is 14.6. The Morgan fingerprint density at radius 3 is 1.77 bits per heavy atom. The first-order valence-corrected chi connectivity index (χ1v) is 15.4. The van der Waals surface area contributed by atoms with E-state index in [1.54, 1.807) is 0 Å². The summed E-state index contributed by atoms with van der Waals surface area (Å²) in [5, 5.41) is 9.27. The molecule has 206 valence electrons. The SMILES string of the molecule is c1ccc2c(c1)ccc1sc3c(N(c4ccc5oc6ccccc6c5c4)c4ccc5oc6ccccc6c5c4)cncc3c12. The van der Waals surface area contributed by atoms with Gasteiger partial charge in [-0.1, -0.05) is 66.7 Å². The van der Waals surface area contributed by atoms with Crippen LogP contribution < -0.4 is 4.90 Å². The second kappa shape index (κ2) is 8.93. The number of benzene rings is 6. The third-order valence-corrected chi connectivity index (χ3v) is 9.92. The fourth-order valence-electron chi connectivity index (χ4n) is 6.74. The van der Waals surface area contributed by atoms with Crippen LogP contribution in [0.15, 0.2) is 143 Å². The van der Waals surface area contributed by atoms with E-state index in [4.69, 9.17) is 13.8 Å². The Bertz CT molecular complexity index is 2640. The first-order chi connectivity index (χ1) is 21.8. The Labute approximate surface area is 255 Å². The maximum Gasteiger partial charge on any atom is 0.135 e. The van der Waals surface area contributed by atoms with Crippen LogP contribution in [0.3, 0.4) is 0 Å².